The number of hydrogen-bond acceptors (Lipinski definition) is 2. The van der Waals surface area contributed by atoms with E-state index < -0.39 is 17.5 Å². The highest BCUT2D eigenvalue weighted by atomic mass is 16.4. The van der Waals surface area contributed by atoms with Gasteiger partial charge in [-0.3, -0.25) is 0 Å². The minimum atomic E-state index is -1.73. The molecule has 0 aliphatic rings. The van der Waals surface area contributed by atoms with Crippen LogP contribution < -0.4 is 0 Å². The van der Waals surface area contributed by atoms with Crippen LogP contribution in [0.25, 0.3) is 0 Å². The molecule has 1 aromatic rings. The summed E-state index contributed by atoms with van der Waals surface area (Å²) >= 11 is 0. The molecule has 2 N–H and O–H groups in total. The van der Waals surface area contributed by atoms with Crippen molar-refractivity contribution in [2.24, 2.45) is 0 Å². The number of rotatable bonds is 4. The Kier molecular flexibility index (Phi) is 3.70. The van der Waals surface area contributed by atoms with E-state index in [-0.39, 0.29) is 0 Å². The molecule has 1 rings (SSSR count). The molecular formula is C13H18O3. The lowest BCUT2D eigenvalue weighted by atomic mass is 9.84. The summed E-state index contributed by atoms with van der Waals surface area (Å²) in [4.78, 5) is 10.9. The standard InChI is InChI=1S/C13H18O3/c1-4-10-5-7-11(8-6-10)9(2)13(3,16)12(14)15/h5-9,16H,4H2,1-3H3,(H,14,15). The van der Waals surface area contributed by atoms with Crippen LogP contribution in [-0.2, 0) is 11.2 Å². The Balaban J connectivity index is 2.96. The Morgan fingerprint density at radius 2 is 1.88 bits per heavy atom. The van der Waals surface area contributed by atoms with Crippen molar-refractivity contribution in [1.82, 2.24) is 0 Å². The quantitative estimate of drug-likeness (QED) is 0.821. The van der Waals surface area contributed by atoms with E-state index in [0.29, 0.717) is 0 Å². The molecule has 16 heavy (non-hydrogen) atoms. The average Bonchev–Trinajstić information content (AvgIpc) is 2.28. The van der Waals surface area contributed by atoms with Gasteiger partial charge in [-0.2, -0.15) is 0 Å². The summed E-state index contributed by atoms with van der Waals surface area (Å²) in [6, 6.07) is 7.68. The van der Waals surface area contributed by atoms with Gasteiger partial charge in [0.25, 0.3) is 0 Å². The van der Waals surface area contributed by atoms with Gasteiger partial charge in [0.05, 0.1) is 0 Å². The van der Waals surface area contributed by atoms with Gasteiger partial charge in [0.15, 0.2) is 5.60 Å². The maximum atomic E-state index is 10.9. The van der Waals surface area contributed by atoms with Crippen molar-refractivity contribution in [1.29, 1.82) is 0 Å². The molecular weight excluding hydrogens is 204 g/mol. The summed E-state index contributed by atoms with van der Waals surface area (Å²) in [6.45, 7) is 5.11. The molecule has 0 radical (unpaired) electrons. The zero-order valence-electron chi connectivity index (χ0n) is 9.90. The Hall–Kier alpha value is -1.35. The normalized spacial score (nSPS) is 16.5. The molecule has 0 saturated heterocycles. The molecule has 0 aliphatic heterocycles. The predicted molar refractivity (Wildman–Crippen MR) is 62.5 cm³/mol. The van der Waals surface area contributed by atoms with Crippen molar-refractivity contribution >= 4 is 5.97 Å². The van der Waals surface area contributed by atoms with E-state index in [4.69, 9.17) is 5.11 Å². The third-order valence-corrected chi connectivity index (χ3v) is 3.16. The number of carboxylic acid groups (broad SMARTS) is 1. The van der Waals surface area contributed by atoms with Crippen LogP contribution in [0.4, 0.5) is 0 Å². The second-order valence-corrected chi connectivity index (χ2v) is 4.27. The molecule has 2 unspecified atom stereocenters. The van der Waals surface area contributed by atoms with E-state index in [1.165, 1.54) is 12.5 Å². The van der Waals surface area contributed by atoms with Gasteiger partial charge in [-0.05, 0) is 24.5 Å². The van der Waals surface area contributed by atoms with E-state index in [1.54, 1.807) is 6.92 Å². The van der Waals surface area contributed by atoms with Gasteiger partial charge in [-0.1, -0.05) is 38.1 Å². The maximum absolute atomic E-state index is 10.9. The van der Waals surface area contributed by atoms with Crippen LogP contribution in [0.15, 0.2) is 24.3 Å². The first-order chi connectivity index (χ1) is 7.39. The fourth-order valence-corrected chi connectivity index (χ4v) is 1.55. The molecule has 2 atom stereocenters. The summed E-state index contributed by atoms with van der Waals surface area (Å²) < 4.78 is 0. The van der Waals surface area contributed by atoms with Crippen molar-refractivity contribution in [3.8, 4) is 0 Å². The molecule has 0 aliphatic carbocycles. The smallest absolute Gasteiger partial charge is 0.336 e. The van der Waals surface area contributed by atoms with Gasteiger partial charge in [0, 0.05) is 5.92 Å². The van der Waals surface area contributed by atoms with E-state index >= 15 is 0 Å². The van der Waals surface area contributed by atoms with Gasteiger partial charge in [0.1, 0.15) is 0 Å². The summed E-state index contributed by atoms with van der Waals surface area (Å²) in [5.41, 5.74) is 0.309. The summed E-state index contributed by atoms with van der Waals surface area (Å²) in [6.07, 6.45) is 0.948. The van der Waals surface area contributed by atoms with Gasteiger partial charge in [0.2, 0.25) is 0 Å². The second kappa shape index (κ2) is 4.66. The van der Waals surface area contributed by atoms with Crippen molar-refractivity contribution in [2.75, 3.05) is 0 Å². The minimum absolute atomic E-state index is 0.434. The van der Waals surface area contributed by atoms with Crippen LogP contribution in [-0.4, -0.2) is 21.8 Å². The Labute approximate surface area is 95.7 Å². The molecule has 0 spiro atoms. The molecule has 0 amide bonds. The van der Waals surface area contributed by atoms with E-state index in [2.05, 4.69) is 6.92 Å². The topological polar surface area (TPSA) is 57.5 Å². The van der Waals surface area contributed by atoms with Crippen LogP contribution in [0.1, 0.15) is 37.8 Å². The molecule has 3 heteroatoms. The summed E-state index contributed by atoms with van der Waals surface area (Å²) in [5.74, 6) is -1.63. The van der Waals surface area contributed by atoms with Gasteiger partial charge < -0.3 is 10.2 Å². The Morgan fingerprint density at radius 1 is 1.38 bits per heavy atom. The largest absolute Gasteiger partial charge is 0.479 e. The third-order valence-electron chi connectivity index (χ3n) is 3.16. The number of carbonyl (C=O) groups is 1. The van der Waals surface area contributed by atoms with Crippen LogP contribution in [0.2, 0.25) is 0 Å². The average molecular weight is 222 g/mol. The molecule has 0 heterocycles. The van der Waals surface area contributed by atoms with Crippen LogP contribution in [0, 0.1) is 0 Å². The highest BCUT2D eigenvalue weighted by Crippen LogP contribution is 2.28. The number of hydrogen-bond donors (Lipinski definition) is 2. The first kappa shape index (κ1) is 12.7. The van der Waals surface area contributed by atoms with E-state index in [1.807, 2.05) is 24.3 Å². The monoisotopic (exact) mass is 222 g/mol. The van der Waals surface area contributed by atoms with Crippen LogP contribution >= 0.6 is 0 Å². The molecule has 88 valence electrons. The maximum Gasteiger partial charge on any atom is 0.336 e. The van der Waals surface area contributed by atoms with Crippen molar-refractivity contribution in [3.63, 3.8) is 0 Å². The zero-order chi connectivity index (χ0) is 12.3. The number of aliphatic carboxylic acids is 1. The SMILES string of the molecule is CCc1ccc(C(C)C(C)(O)C(=O)O)cc1. The lowest BCUT2D eigenvalue weighted by Gasteiger charge is -2.26. The lowest BCUT2D eigenvalue weighted by Crippen LogP contribution is -2.40. The fourth-order valence-electron chi connectivity index (χ4n) is 1.55. The summed E-state index contributed by atoms with van der Waals surface area (Å²) in [5, 5.41) is 18.8. The molecule has 0 saturated carbocycles. The van der Waals surface area contributed by atoms with E-state index in [9.17, 15) is 9.90 Å². The second-order valence-electron chi connectivity index (χ2n) is 4.27. The molecule has 3 nitrogen and oxygen atoms in total. The van der Waals surface area contributed by atoms with Crippen molar-refractivity contribution < 1.29 is 15.0 Å². The number of benzene rings is 1. The highest BCUT2D eigenvalue weighted by molar-refractivity contribution is 5.78. The van der Waals surface area contributed by atoms with Gasteiger partial charge in [-0.15, -0.1) is 0 Å². The number of carboxylic acids is 1. The first-order valence-electron chi connectivity index (χ1n) is 5.44. The minimum Gasteiger partial charge on any atom is -0.479 e. The highest BCUT2D eigenvalue weighted by Gasteiger charge is 2.37. The van der Waals surface area contributed by atoms with Gasteiger partial charge >= 0.3 is 5.97 Å². The van der Waals surface area contributed by atoms with Crippen LogP contribution in [0.3, 0.4) is 0 Å². The van der Waals surface area contributed by atoms with Crippen LogP contribution in [0.5, 0.6) is 0 Å². The number of aliphatic hydroxyl groups is 1. The lowest BCUT2D eigenvalue weighted by molar-refractivity contribution is -0.158. The predicted octanol–water partition coefficient (Wildman–Crippen LogP) is 2.19. The van der Waals surface area contributed by atoms with E-state index in [0.717, 1.165) is 12.0 Å². The summed E-state index contributed by atoms with van der Waals surface area (Å²) in [7, 11) is 0. The first-order valence-corrected chi connectivity index (χ1v) is 5.44. The van der Waals surface area contributed by atoms with Crippen molar-refractivity contribution in [3.05, 3.63) is 35.4 Å². The Morgan fingerprint density at radius 3 is 2.25 bits per heavy atom. The Bertz CT molecular complexity index is 365. The molecule has 0 bridgehead atoms. The zero-order valence-corrected chi connectivity index (χ0v) is 9.90. The number of aryl methyl sites for hydroxylation is 1. The molecule has 0 aromatic heterocycles. The van der Waals surface area contributed by atoms with Gasteiger partial charge in [-0.25, -0.2) is 4.79 Å². The third kappa shape index (κ3) is 2.42. The molecule has 1 aromatic carbocycles. The fraction of sp³-hybridized carbons (Fsp3) is 0.462. The van der Waals surface area contributed by atoms with Crippen molar-refractivity contribution in [2.45, 2.75) is 38.7 Å². The molecule has 0 fully saturated rings.